The minimum Gasteiger partial charge on any atom is -0.399 e. The van der Waals surface area contributed by atoms with Crippen LogP contribution in [0.15, 0.2) is 18.2 Å². The Labute approximate surface area is 108 Å². The summed E-state index contributed by atoms with van der Waals surface area (Å²) < 4.78 is 0. The number of anilines is 2. The topological polar surface area (TPSA) is 81.1 Å². The number of hydrogen-bond donors (Lipinski definition) is 3. The van der Waals surface area contributed by atoms with Gasteiger partial charge in [0.25, 0.3) is 5.91 Å². The molecule has 0 aliphatic heterocycles. The van der Waals surface area contributed by atoms with Crippen LogP contribution in [0.2, 0.25) is 0 Å². The highest BCUT2D eigenvalue weighted by Crippen LogP contribution is 2.39. The minimum absolute atomic E-state index is 0.236. The number of nitrogen functional groups attached to an aromatic ring is 1. The zero-order valence-corrected chi connectivity index (χ0v) is 11.0. The number of nitrogens with one attached hydrogen (secondary N) is 1. The summed E-state index contributed by atoms with van der Waals surface area (Å²) in [6, 6.07) is 5.53. The third kappa shape index (κ3) is 2.42. The highest BCUT2D eigenvalue weighted by Gasteiger charge is 2.34. The number of rotatable bonds is 3. The number of primary amides is 1. The van der Waals surface area contributed by atoms with Gasteiger partial charge in [-0.05, 0) is 36.5 Å². The van der Waals surface area contributed by atoms with Crippen molar-refractivity contribution in [1.82, 2.24) is 0 Å². The molecule has 0 aromatic heterocycles. The first kappa shape index (κ1) is 12.7. The number of benzene rings is 1. The largest absolute Gasteiger partial charge is 0.399 e. The maximum absolute atomic E-state index is 11.4. The molecule has 4 heteroatoms. The van der Waals surface area contributed by atoms with Gasteiger partial charge < -0.3 is 16.8 Å². The molecule has 1 aromatic carbocycles. The highest BCUT2D eigenvalue weighted by molar-refractivity contribution is 5.99. The van der Waals surface area contributed by atoms with Crippen molar-refractivity contribution in [2.45, 2.75) is 39.2 Å². The van der Waals surface area contributed by atoms with Crippen molar-refractivity contribution in [1.29, 1.82) is 0 Å². The molecule has 1 aliphatic rings. The van der Waals surface area contributed by atoms with Gasteiger partial charge in [-0.1, -0.05) is 20.3 Å². The van der Waals surface area contributed by atoms with Gasteiger partial charge in [0.1, 0.15) is 0 Å². The fourth-order valence-corrected chi connectivity index (χ4v) is 2.68. The second kappa shape index (κ2) is 4.52. The number of carbonyl (C=O) groups excluding carboxylic acids is 1. The number of nitrogens with two attached hydrogens (primary N) is 2. The second-order valence-corrected chi connectivity index (χ2v) is 5.75. The number of hydrogen-bond acceptors (Lipinski definition) is 3. The van der Waals surface area contributed by atoms with Crippen LogP contribution in [0.5, 0.6) is 0 Å². The fourth-order valence-electron chi connectivity index (χ4n) is 2.68. The normalized spacial score (nSPS) is 21.8. The SMILES string of the molecule is CC1(C)CCCC1Nc1cc(N)ccc1C(N)=O. The Kier molecular flexibility index (Phi) is 3.20. The Morgan fingerprint density at radius 3 is 2.72 bits per heavy atom. The van der Waals surface area contributed by atoms with Crippen molar-refractivity contribution < 1.29 is 4.79 Å². The quantitative estimate of drug-likeness (QED) is 0.717. The maximum Gasteiger partial charge on any atom is 0.250 e. The predicted octanol–water partition coefficient (Wildman–Crippen LogP) is 2.36. The summed E-state index contributed by atoms with van der Waals surface area (Å²) in [6.45, 7) is 4.49. The number of amides is 1. The molecule has 98 valence electrons. The lowest BCUT2D eigenvalue weighted by Crippen LogP contribution is -2.31. The van der Waals surface area contributed by atoms with E-state index in [-0.39, 0.29) is 5.41 Å². The van der Waals surface area contributed by atoms with Gasteiger partial charge in [-0.25, -0.2) is 0 Å². The first-order valence-electron chi connectivity index (χ1n) is 6.36. The molecule has 0 spiro atoms. The molecule has 1 saturated carbocycles. The molecule has 1 aliphatic carbocycles. The molecule has 1 atom stereocenters. The van der Waals surface area contributed by atoms with Crippen molar-refractivity contribution in [3.8, 4) is 0 Å². The van der Waals surface area contributed by atoms with Gasteiger partial charge in [0.2, 0.25) is 0 Å². The molecule has 1 unspecified atom stereocenters. The second-order valence-electron chi connectivity index (χ2n) is 5.75. The molecule has 0 saturated heterocycles. The fraction of sp³-hybridized carbons (Fsp3) is 0.500. The van der Waals surface area contributed by atoms with E-state index < -0.39 is 5.91 Å². The third-order valence-corrected chi connectivity index (χ3v) is 3.90. The van der Waals surface area contributed by atoms with Gasteiger partial charge in [-0.2, -0.15) is 0 Å². The van der Waals surface area contributed by atoms with Crippen molar-refractivity contribution in [2.75, 3.05) is 11.1 Å². The van der Waals surface area contributed by atoms with E-state index in [9.17, 15) is 4.79 Å². The summed E-state index contributed by atoms with van der Waals surface area (Å²) in [4.78, 5) is 11.4. The van der Waals surface area contributed by atoms with E-state index in [1.165, 1.54) is 12.8 Å². The van der Waals surface area contributed by atoms with Gasteiger partial charge in [-0.15, -0.1) is 0 Å². The Morgan fingerprint density at radius 2 is 2.17 bits per heavy atom. The average molecular weight is 247 g/mol. The lowest BCUT2D eigenvalue weighted by Gasteiger charge is -2.29. The zero-order chi connectivity index (χ0) is 13.3. The van der Waals surface area contributed by atoms with Crippen LogP contribution < -0.4 is 16.8 Å². The predicted molar refractivity (Wildman–Crippen MR) is 74.4 cm³/mol. The Balaban J connectivity index is 2.28. The summed E-state index contributed by atoms with van der Waals surface area (Å²) in [7, 11) is 0. The third-order valence-electron chi connectivity index (χ3n) is 3.90. The summed E-state index contributed by atoms with van der Waals surface area (Å²) in [5, 5.41) is 3.44. The lowest BCUT2D eigenvalue weighted by atomic mass is 9.87. The van der Waals surface area contributed by atoms with Gasteiger partial charge in [0.15, 0.2) is 0 Å². The van der Waals surface area contributed by atoms with E-state index in [0.29, 0.717) is 17.3 Å². The molecule has 18 heavy (non-hydrogen) atoms. The maximum atomic E-state index is 11.4. The molecule has 5 N–H and O–H groups in total. The summed E-state index contributed by atoms with van der Waals surface area (Å²) in [5.74, 6) is -0.423. The van der Waals surface area contributed by atoms with Crippen LogP contribution in [0, 0.1) is 5.41 Å². The molecule has 4 nitrogen and oxygen atoms in total. The van der Waals surface area contributed by atoms with E-state index >= 15 is 0 Å². The van der Waals surface area contributed by atoms with Crippen molar-refractivity contribution in [2.24, 2.45) is 11.1 Å². The van der Waals surface area contributed by atoms with Crippen LogP contribution >= 0.6 is 0 Å². The van der Waals surface area contributed by atoms with E-state index in [0.717, 1.165) is 12.1 Å². The molecule has 0 bridgehead atoms. The molecule has 1 amide bonds. The van der Waals surface area contributed by atoms with Crippen LogP contribution in [0.25, 0.3) is 0 Å². The van der Waals surface area contributed by atoms with Crippen LogP contribution in [-0.4, -0.2) is 11.9 Å². The van der Waals surface area contributed by atoms with Gasteiger partial charge in [-0.3, -0.25) is 4.79 Å². The zero-order valence-electron chi connectivity index (χ0n) is 11.0. The first-order valence-corrected chi connectivity index (χ1v) is 6.36. The monoisotopic (exact) mass is 247 g/mol. The van der Waals surface area contributed by atoms with Gasteiger partial charge >= 0.3 is 0 Å². The molecule has 1 fully saturated rings. The molecular formula is C14H21N3O. The van der Waals surface area contributed by atoms with E-state index in [1.54, 1.807) is 18.2 Å². The van der Waals surface area contributed by atoms with Gasteiger partial charge in [0, 0.05) is 17.4 Å². The van der Waals surface area contributed by atoms with E-state index in [1.807, 2.05) is 0 Å². The average Bonchev–Trinajstić information content (AvgIpc) is 2.58. The molecule has 0 heterocycles. The summed E-state index contributed by atoms with van der Waals surface area (Å²) in [6.07, 6.45) is 3.51. The van der Waals surface area contributed by atoms with Crippen molar-refractivity contribution >= 4 is 17.3 Å². The molecular weight excluding hydrogens is 226 g/mol. The first-order chi connectivity index (χ1) is 8.40. The Bertz CT molecular complexity index is 468. The Hall–Kier alpha value is -1.71. The smallest absolute Gasteiger partial charge is 0.250 e. The van der Waals surface area contributed by atoms with E-state index in [4.69, 9.17) is 11.5 Å². The van der Waals surface area contributed by atoms with Crippen LogP contribution in [-0.2, 0) is 0 Å². The molecule has 2 rings (SSSR count). The van der Waals surface area contributed by atoms with Crippen LogP contribution in [0.4, 0.5) is 11.4 Å². The Morgan fingerprint density at radius 1 is 1.44 bits per heavy atom. The lowest BCUT2D eigenvalue weighted by molar-refractivity contribution is 0.100. The van der Waals surface area contributed by atoms with Crippen LogP contribution in [0.1, 0.15) is 43.5 Å². The number of carbonyl (C=O) groups is 1. The summed E-state index contributed by atoms with van der Waals surface area (Å²) >= 11 is 0. The molecule has 1 aromatic rings. The van der Waals surface area contributed by atoms with Crippen molar-refractivity contribution in [3.05, 3.63) is 23.8 Å². The minimum atomic E-state index is -0.423. The molecule has 0 radical (unpaired) electrons. The van der Waals surface area contributed by atoms with Gasteiger partial charge in [0.05, 0.1) is 5.56 Å². The van der Waals surface area contributed by atoms with E-state index in [2.05, 4.69) is 19.2 Å². The van der Waals surface area contributed by atoms with Crippen molar-refractivity contribution in [3.63, 3.8) is 0 Å². The standard InChI is InChI=1S/C14H21N3O/c1-14(2)7-3-4-12(14)17-11-8-9(15)5-6-10(11)13(16)18/h5-6,8,12,17H,3-4,7,15H2,1-2H3,(H2,16,18). The highest BCUT2D eigenvalue weighted by atomic mass is 16.1. The van der Waals surface area contributed by atoms with Crippen LogP contribution in [0.3, 0.4) is 0 Å². The summed E-state index contributed by atoms with van der Waals surface area (Å²) in [5.41, 5.74) is 13.3.